The molecule has 3 rings (SSSR count). The van der Waals surface area contributed by atoms with Gasteiger partial charge >= 0.3 is 0 Å². The molecule has 1 atom stereocenters. The molecule has 1 N–H and O–H groups in total. The summed E-state index contributed by atoms with van der Waals surface area (Å²) in [6, 6.07) is 13.2. The van der Waals surface area contributed by atoms with Crippen molar-refractivity contribution in [2.75, 3.05) is 12.4 Å². The highest BCUT2D eigenvalue weighted by Crippen LogP contribution is 2.26. The predicted molar refractivity (Wildman–Crippen MR) is 106 cm³/mol. The van der Waals surface area contributed by atoms with E-state index < -0.39 is 0 Å². The molecule has 0 aliphatic heterocycles. The van der Waals surface area contributed by atoms with Crippen molar-refractivity contribution in [3.8, 4) is 11.4 Å². The van der Waals surface area contributed by atoms with E-state index in [0.717, 1.165) is 22.6 Å². The number of nitrogens with one attached hydrogen (secondary N) is 1. The molecule has 0 aliphatic rings. The number of hydrogen-bond acceptors (Lipinski definition) is 6. The number of nitrogens with zero attached hydrogens (tertiary/aromatic N) is 4. The lowest BCUT2D eigenvalue weighted by Gasteiger charge is -2.13. The summed E-state index contributed by atoms with van der Waals surface area (Å²) in [6.07, 6.45) is 0. The normalized spacial score (nSPS) is 11.9. The van der Waals surface area contributed by atoms with Crippen molar-refractivity contribution in [2.45, 2.75) is 31.2 Å². The van der Waals surface area contributed by atoms with Crippen LogP contribution in [0.5, 0.6) is 5.75 Å². The predicted octanol–water partition coefficient (Wildman–Crippen LogP) is 3.41. The molecule has 140 valence electrons. The van der Waals surface area contributed by atoms with Crippen LogP contribution in [0.1, 0.15) is 18.1 Å². The van der Waals surface area contributed by atoms with Crippen LogP contribution in [-0.4, -0.2) is 38.5 Å². The molecule has 0 saturated heterocycles. The van der Waals surface area contributed by atoms with Gasteiger partial charge < -0.3 is 10.1 Å². The Kier molecular flexibility index (Phi) is 5.75. The Morgan fingerprint density at radius 2 is 1.93 bits per heavy atom. The third-order valence-electron chi connectivity index (χ3n) is 4.25. The van der Waals surface area contributed by atoms with Gasteiger partial charge in [-0.1, -0.05) is 23.9 Å². The van der Waals surface area contributed by atoms with Gasteiger partial charge in [-0.05, 0) is 72.7 Å². The number of anilines is 1. The van der Waals surface area contributed by atoms with E-state index in [0.29, 0.717) is 10.8 Å². The molecule has 1 unspecified atom stereocenters. The Morgan fingerprint density at radius 3 is 2.63 bits per heavy atom. The average molecular weight is 383 g/mol. The summed E-state index contributed by atoms with van der Waals surface area (Å²) in [5, 5.41) is 15.0. The van der Waals surface area contributed by atoms with Crippen LogP contribution in [0.2, 0.25) is 0 Å². The zero-order valence-electron chi connectivity index (χ0n) is 15.6. The minimum atomic E-state index is -0.373. The van der Waals surface area contributed by atoms with Gasteiger partial charge in [0.2, 0.25) is 11.1 Å². The van der Waals surface area contributed by atoms with Crippen LogP contribution in [0.25, 0.3) is 5.69 Å². The topological polar surface area (TPSA) is 81.9 Å². The second-order valence-corrected chi connectivity index (χ2v) is 7.38. The molecule has 1 amide bonds. The highest BCUT2D eigenvalue weighted by Gasteiger charge is 2.20. The molecule has 0 radical (unpaired) electrons. The lowest BCUT2D eigenvalue weighted by Crippen LogP contribution is -2.23. The van der Waals surface area contributed by atoms with E-state index in [1.54, 1.807) is 36.1 Å². The van der Waals surface area contributed by atoms with Gasteiger partial charge in [-0.2, -0.15) is 4.68 Å². The number of rotatable bonds is 6. The Balaban J connectivity index is 1.72. The summed E-state index contributed by atoms with van der Waals surface area (Å²) < 4.78 is 6.79. The van der Waals surface area contributed by atoms with E-state index in [9.17, 15) is 4.79 Å². The minimum absolute atomic E-state index is 0.124. The second kappa shape index (κ2) is 8.22. The second-order valence-electron chi connectivity index (χ2n) is 6.07. The minimum Gasteiger partial charge on any atom is -0.497 e. The number of carbonyl (C=O) groups excluding carboxylic acids is 1. The summed E-state index contributed by atoms with van der Waals surface area (Å²) in [4.78, 5) is 12.5. The fraction of sp³-hybridized carbons (Fsp3) is 0.263. The number of thioether (sulfide) groups is 1. The number of aromatic nitrogens is 4. The molecule has 8 heteroatoms. The first-order valence-corrected chi connectivity index (χ1v) is 9.34. The van der Waals surface area contributed by atoms with Crippen LogP contribution in [-0.2, 0) is 4.79 Å². The molecular formula is C19H21N5O2S. The van der Waals surface area contributed by atoms with Crippen LogP contribution in [0.3, 0.4) is 0 Å². The number of tetrazole rings is 1. The molecule has 7 nitrogen and oxygen atoms in total. The van der Waals surface area contributed by atoms with Gasteiger partial charge in [0, 0.05) is 5.69 Å². The summed E-state index contributed by atoms with van der Waals surface area (Å²) in [5.74, 6) is 0.615. The molecular weight excluding hydrogens is 362 g/mol. The maximum Gasteiger partial charge on any atom is 0.237 e. The fourth-order valence-corrected chi connectivity index (χ4v) is 3.30. The molecule has 0 saturated carbocycles. The van der Waals surface area contributed by atoms with Crippen LogP contribution in [0, 0.1) is 13.8 Å². The van der Waals surface area contributed by atoms with Crippen LogP contribution < -0.4 is 10.1 Å². The quantitative estimate of drug-likeness (QED) is 0.657. The van der Waals surface area contributed by atoms with Crippen molar-refractivity contribution in [1.82, 2.24) is 20.2 Å². The van der Waals surface area contributed by atoms with E-state index in [-0.39, 0.29) is 11.2 Å². The Morgan fingerprint density at radius 1 is 1.19 bits per heavy atom. The van der Waals surface area contributed by atoms with Gasteiger partial charge in [0.15, 0.2) is 0 Å². The number of methoxy groups -OCH3 is 1. The highest BCUT2D eigenvalue weighted by molar-refractivity contribution is 8.00. The zero-order valence-corrected chi connectivity index (χ0v) is 16.4. The number of aryl methyl sites for hydroxylation is 1. The largest absolute Gasteiger partial charge is 0.497 e. The van der Waals surface area contributed by atoms with Crippen LogP contribution in [0.4, 0.5) is 5.69 Å². The fourth-order valence-electron chi connectivity index (χ4n) is 2.50. The Bertz CT molecular complexity index is 940. The van der Waals surface area contributed by atoms with Crippen molar-refractivity contribution in [2.24, 2.45) is 0 Å². The maximum atomic E-state index is 12.5. The summed E-state index contributed by atoms with van der Waals surface area (Å²) in [6.45, 7) is 5.90. The third-order valence-corrected chi connectivity index (χ3v) is 5.29. The number of amides is 1. The van der Waals surface area contributed by atoms with Crippen molar-refractivity contribution >= 4 is 23.4 Å². The van der Waals surface area contributed by atoms with Crippen molar-refractivity contribution in [1.29, 1.82) is 0 Å². The molecule has 1 heterocycles. The molecule has 2 aromatic carbocycles. The van der Waals surface area contributed by atoms with Crippen molar-refractivity contribution < 1.29 is 9.53 Å². The molecule has 0 fully saturated rings. The van der Waals surface area contributed by atoms with Gasteiger partial charge in [-0.15, -0.1) is 5.10 Å². The monoisotopic (exact) mass is 383 g/mol. The van der Waals surface area contributed by atoms with Gasteiger partial charge in [-0.25, -0.2) is 0 Å². The van der Waals surface area contributed by atoms with Gasteiger partial charge in [0.1, 0.15) is 5.75 Å². The summed E-state index contributed by atoms with van der Waals surface area (Å²) >= 11 is 1.31. The maximum absolute atomic E-state index is 12.5. The van der Waals surface area contributed by atoms with E-state index in [2.05, 4.69) is 20.8 Å². The van der Waals surface area contributed by atoms with Crippen LogP contribution >= 0.6 is 11.8 Å². The molecule has 3 aromatic rings. The lowest BCUT2D eigenvalue weighted by molar-refractivity contribution is -0.115. The van der Waals surface area contributed by atoms with Gasteiger partial charge in [-0.3, -0.25) is 4.79 Å². The first kappa shape index (κ1) is 18.9. The number of ether oxygens (including phenoxy) is 1. The first-order valence-electron chi connectivity index (χ1n) is 8.46. The summed E-state index contributed by atoms with van der Waals surface area (Å²) in [5.41, 5.74) is 3.87. The molecule has 27 heavy (non-hydrogen) atoms. The molecule has 0 aliphatic carbocycles. The SMILES string of the molecule is COc1ccc(NC(=O)C(C)Sc2nnnn2-c2cccc(C)c2C)cc1. The number of hydrogen-bond donors (Lipinski definition) is 1. The average Bonchev–Trinajstić information content (AvgIpc) is 3.12. The van der Waals surface area contributed by atoms with Gasteiger partial charge in [0.05, 0.1) is 18.0 Å². The zero-order chi connectivity index (χ0) is 19.4. The molecule has 1 aromatic heterocycles. The van der Waals surface area contributed by atoms with Crippen molar-refractivity contribution in [3.63, 3.8) is 0 Å². The van der Waals surface area contributed by atoms with E-state index in [1.165, 1.54) is 11.8 Å². The lowest BCUT2D eigenvalue weighted by atomic mass is 10.1. The Hall–Kier alpha value is -2.87. The first-order chi connectivity index (χ1) is 13.0. The highest BCUT2D eigenvalue weighted by atomic mass is 32.2. The number of carbonyl (C=O) groups is 1. The van der Waals surface area contributed by atoms with E-state index >= 15 is 0 Å². The Labute approximate surface area is 162 Å². The van der Waals surface area contributed by atoms with E-state index in [4.69, 9.17) is 4.74 Å². The summed E-state index contributed by atoms with van der Waals surface area (Å²) in [7, 11) is 1.60. The van der Waals surface area contributed by atoms with Crippen LogP contribution in [0.15, 0.2) is 47.6 Å². The third kappa shape index (κ3) is 4.28. The number of benzene rings is 2. The smallest absolute Gasteiger partial charge is 0.237 e. The molecule has 0 bridgehead atoms. The molecule has 0 spiro atoms. The van der Waals surface area contributed by atoms with Gasteiger partial charge in [0.25, 0.3) is 0 Å². The standard InChI is InChI=1S/C19H21N5O2S/c1-12-6-5-7-17(13(12)2)24-19(21-22-23-24)27-14(3)18(25)20-15-8-10-16(26-4)11-9-15/h5-11,14H,1-4H3,(H,20,25). The van der Waals surface area contributed by atoms with E-state index in [1.807, 2.05) is 39.0 Å². The van der Waals surface area contributed by atoms with Crippen molar-refractivity contribution in [3.05, 3.63) is 53.6 Å².